The second-order valence-electron chi connectivity index (χ2n) is 3.73. The quantitative estimate of drug-likeness (QED) is 0.696. The van der Waals surface area contributed by atoms with Gasteiger partial charge in [-0.05, 0) is 32.6 Å². The van der Waals surface area contributed by atoms with Crippen molar-refractivity contribution in [2.75, 3.05) is 27.7 Å². The van der Waals surface area contributed by atoms with Crippen LogP contribution in [0, 0.1) is 6.92 Å². The van der Waals surface area contributed by atoms with E-state index in [1.54, 1.807) is 12.3 Å². The van der Waals surface area contributed by atoms with Gasteiger partial charge in [-0.25, -0.2) is 4.98 Å². The Hall–Kier alpha value is -1.42. The summed E-state index contributed by atoms with van der Waals surface area (Å²) in [5.41, 5.74) is 1.50. The van der Waals surface area contributed by atoms with Crippen LogP contribution in [0.1, 0.15) is 15.9 Å². The van der Waals surface area contributed by atoms with Crippen molar-refractivity contribution in [3.63, 3.8) is 0 Å². The Morgan fingerprint density at radius 1 is 1.53 bits per heavy atom. The fourth-order valence-electron chi connectivity index (χ4n) is 1.29. The molecule has 0 unspecified atom stereocenters. The topological polar surface area (TPSA) is 42.4 Å². The third-order valence-corrected chi connectivity index (χ3v) is 1.94. The highest BCUT2D eigenvalue weighted by Gasteiger charge is 2.14. The summed E-state index contributed by atoms with van der Waals surface area (Å²) in [6.45, 7) is 2.26. The molecule has 0 spiro atoms. The van der Waals surface area contributed by atoms with Crippen LogP contribution in [-0.4, -0.2) is 43.4 Å². The number of aromatic nitrogens is 1. The minimum atomic E-state index is 0.0213. The van der Waals surface area contributed by atoms with Gasteiger partial charge in [0.1, 0.15) is 0 Å². The number of ether oxygens (including phenoxy) is 1. The van der Waals surface area contributed by atoms with Gasteiger partial charge in [-0.3, -0.25) is 4.79 Å². The molecule has 1 aromatic rings. The SMILES string of the molecule is COc1ncc(C)cc1C(=O)CN(C)C. The molecule has 0 saturated heterocycles. The number of rotatable bonds is 4. The summed E-state index contributed by atoms with van der Waals surface area (Å²) in [6.07, 6.45) is 1.69. The third kappa shape index (κ3) is 3.02. The fourth-order valence-corrected chi connectivity index (χ4v) is 1.29. The number of aryl methyl sites for hydroxylation is 1. The van der Waals surface area contributed by atoms with Crippen LogP contribution < -0.4 is 4.74 Å². The highest BCUT2D eigenvalue weighted by Crippen LogP contribution is 2.16. The second-order valence-corrected chi connectivity index (χ2v) is 3.73. The fraction of sp³-hybridized carbons (Fsp3) is 0.455. The van der Waals surface area contributed by atoms with E-state index in [2.05, 4.69) is 4.98 Å². The van der Waals surface area contributed by atoms with E-state index in [0.29, 0.717) is 18.0 Å². The maximum Gasteiger partial charge on any atom is 0.224 e. The lowest BCUT2D eigenvalue weighted by Crippen LogP contribution is -2.22. The Kier molecular flexibility index (Phi) is 3.80. The van der Waals surface area contributed by atoms with Gasteiger partial charge in [0.25, 0.3) is 0 Å². The first kappa shape index (κ1) is 11.7. The molecule has 0 atom stereocenters. The first-order chi connectivity index (χ1) is 7.04. The van der Waals surface area contributed by atoms with Crippen molar-refractivity contribution in [3.05, 3.63) is 23.4 Å². The minimum absolute atomic E-state index is 0.0213. The van der Waals surface area contributed by atoms with Crippen LogP contribution in [0.3, 0.4) is 0 Å². The van der Waals surface area contributed by atoms with Crippen molar-refractivity contribution >= 4 is 5.78 Å². The number of pyridine rings is 1. The van der Waals surface area contributed by atoms with E-state index < -0.39 is 0 Å². The predicted molar refractivity (Wildman–Crippen MR) is 58.4 cm³/mol. The van der Waals surface area contributed by atoms with Crippen molar-refractivity contribution in [1.29, 1.82) is 0 Å². The Balaban J connectivity index is 3.00. The Morgan fingerprint density at radius 3 is 2.73 bits per heavy atom. The van der Waals surface area contributed by atoms with Crippen LogP contribution in [-0.2, 0) is 0 Å². The Bertz CT molecular complexity index is 362. The number of Topliss-reactive ketones (excluding diaryl/α,β-unsaturated/α-hetero) is 1. The van der Waals surface area contributed by atoms with E-state index in [4.69, 9.17) is 4.74 Å². The number of hydrogen-bond acceptors (Lipinski definition) is 4. The van der Waals surface area contributed by atoms with Crippen molar-refractivity contribution in [2.24, 2.45) is 0 Å². The van der Waals surface area contributed by atoms with E-state index in [1.165, 1.54) is 7.11 Å². The van der Waals surface area contributed by atoms with Crippen LogP contribution in [0.15, 0.2) is 12.3 Å². The molecule has 0 bridgehead atoms. The number of hydrogen-bond donors (Lipinski definition) is 0. The maximum atomic E-state index is 11.8. The number of likely N-dealkylation sites (N-methyl/N-ethyl adjacent to an activating group) is 1. The van der Waals surface area contributed by atoms with Crippen LogP contribution in [0.2, 0.25) is 0 Å². The summed E-state index contributed by atoms with van der Waals surface area (Å²) in [7, 11) is 5.23. The van der Waals surface area contributed by atoms with Gasteiger partial charge >= 0.3 is 0 Å². The van der Waals surface area contributed by atoms with E-state index in [1.807, 2.05) is 25.9 Å². The molecule has 15 heavy (non-hydrogen) atoms. The number of nitrogens with zero attached hydrogens (tertiary/aromatic N) is 2. The molecule has 1 aromatic heterocycles. The average molecular weight is 208 g/mol. The van der Waals surface area contributed by atoms with Crippen LogP contribution in [0.4, 0.5) is 0 Å². The third-order valence-electron chi connectivity index (χ3n) is 1.94. The smallest absolute Gasteiger partial charge is 0.224 e. The molecule has 0 aliphatic carbocycles. The van der Waals surface area contributed by atoms with Gasteiger partial charge in [0, 0.05) is 6.20 Å². The lowest BCUT2D eigenvalue weighted by atomic mass is 10.1. The predicted octanol–water partition coefficient (Wildman–Crippen LogP) is 1.14. The Labute approximate surface area is 89.9 Å². The maximum absolute atomic E-state index is 11.8. The lowest BCUT2D eigenvalue weighted by molar-refractivity contribution is 0.0954. The number of carbonyl (C=O) groups excluding carboxylic acids is 1. The van der Waals surface area contributed by atoms with Gasteiger partial charge in [-0.2, -0.15) is 0 Å². The van der Waals surface area contributed by atoms with E-state index >= 15 is 0 Å². The number of ketones is 1. The summed E-state index contributed by atoms with van der Waals surface area (Å²) < 4.78 is 5.05. The van der Waals surface area contributed by atoms with Crippen molar-refractivity contribution in [1.82, 2.24) is 9.88 Å². The van der Waals surface area contributed by atoms with E-state index in [9.17, 15) is 4.79 Å². The highest BCUT2D eigenvalue weighted by atomic mass is 16.5. The lowest BCUT2D eigenvalue weighted by Gasteiger charge is -2.10. The average Bonchev–Trinajstić information content (AvgIpc) is 2.16. The Morgan fingerprint density at radius 2 is 2.20 bits per heavy atom. The molecule has 4 heteroatoms. The standard InChI is InChI=1S/C11H16N2O2/c1-8-5-9(10(14)7-13(2)3)11(15-4)12-6-8/h5-6H,7H2,1-4H3. The molecule has 0 radical (unpaired) electrons. The van der Waals surface area contributed by atoms with Crippen LogP contribution in [0.5, 0.6) is 5.88 Å². The largest absolute Gasteiger partial charge is 0.480 e. The van der Waals surface area contributed by atoms with E-state index in [0.717, 1.165) is 5.56 Å². The van der Waals surface area contributed by atoms with Gasteiger partial charge < -0.3 is 9.64 Å². The number of carbonyl (C=O) groups is 1. The van der Waals surface area contributed by atoms with E-state index in [-0.39, 0.29) is 5.78 Å². The van der Waals surface area contributed by atoms with Crippen LogP contribution >= 0.6 is 0 Å². The summed E-state index contributed by atoms with van der Waals surface area (Å²) in [5, 5.41) is 0. The highest BCUT2D eigenvalue weighted by molar-refractivity contribution is 5.99. The van der Waals surface area contributed by atoms with Crippen molar-refractivity contribution in [2.45, 2.75) is 6.92 Å². The molecular formula is C11H16N2O2. The summed E-state index contributed by atoms with van der Waals surface area (Å²) in [5.74, 6) is 0.417. The molecule has 0 aliphatic rings. The molecule has 0 aromatic carbocycles. The second kappa shape index (κ2) is 4.89. The molecule has 1 heterocycles. The van der Waals surface area contributed by atoms with Gasteiger partial charge in [-0.1, -0.05) is 0 Å². The minimum Gasteiger partial charge on any atom is -0.480 e. The molecule has 0 N–H and O–H groups in total. The molecule has 0 aliphatic heterocycles. The van der Waals surface area contributed by atoms with Gasteiger partial charge in [-0.15, -0.1) is 0 Å². The molecular weight excluding hydrogens is 192 g/mol. The zero-order chi connectivity index (χ0) is 11.4. The normalized spacial score (nSPS) is 10.5. The number of methoxy groups -OCH3 is 1. The van der Waals surface area contributed by atoms with Gasteiger partial charge in [0.2, 0.25) is 5.88 Å². The zero-order valence-electron chi connectivity index (χ0n) is 9.57. The first-order valence-electron chi connectivity index (χ1n) is 4.73. The van der Waals surface area contributed by atoms with Gasteiger partial charge in [0.15, 0.2) is 5.78 Å². The molecule has 0 fully saturated rings. The molecule has 0 saturated carbocycles. The molecule has 1 rings (SSSR count). The summed E-state index contributed by atoms with van der Waals surface area (Å²) >= 11 is 0. The summed E-state index contributed by atoms with van der Waals surface area (Å²) in [4.78, 5) is 17.7. The van der Waals surface area contributed by atoms with Crippen molar-refractivity contribution < 1.29 is 9.53 Å². The van der Waals surface area contributed by atoms with Gasteiger partial charge in [0.05, 0.1) is 19.2 Å². The van der Waals surface area contributed by atoms with Crippen molar-refractivity contribution in [3.8, 4) is 5.88 Å². The zero-order valence-corrected chi connectivity index (χ0v) is 9.57. The molecule has 82 valence electrons. The monoisotopic (exact) mass is 208 g/mol. The summed E-state index contributed by atoms with van der Waals surface area (Å²) in [6, 6.07) is 1.80. The molecule has 0 amide bonds. The molecule has 4 nitrogen and oxygen atoms in total. The first-order valence-corrected chi connectivity index (χ1v) is 4.73. The van der Waals surface area contributed by atoms with Crippen LogP contribution in [0.25, 0.3) is 0 Å².